The lowest BCUT2D eigenvalue weighted by Gasteiger charge is -1.96. The Kier molecular flexibility index (Phi) is 3.32. The number of aliphatic hydroxyl groups is 1. The minimum absolute atomic E-state index is 0.0176. The maximum absolute atomic E-state index is 8.09. The van der Waals surface area contributed by atoms with E-state index in [4.69, 9.17) is 10.5 Å². The smallest absolute Gasteiger partial charge is 0.177 e. The molecule has 0 aromatic heterocycles. The lowest BCUT2D eigenvalue weighted by molar-refractivity contribution is 0.191. The third-order valence-corrected chi connectivity index (χ3v) is 0.410. The van der Waals surface area contributed by atoms with Gasteiger partial charge in [0.1, 0.15) is 6.61 Å². The molecule has 0 unspecified atom stereocenters. The Balaban J connectivity index is 2.82. The summed E-state index contributed by atoms with van der Waals surface area (Å²) < 4.78 is 4.52. The largest absolute Gasteiger partial charge is 0.479 e. The lowest BCUT2D eigenvalue weighted by Crippen LogP contribution is -2.02. The number of ether oxygens (including phenoxy) is 1. The first kappa shape index (κ1) is 6.43. The van der Waals surface area contributed by atoms with Crippen LogP contribution in [0.3, 0.4) is 0 Å². The molecule has 0 amide bonds. The molecule has 0 heterocycles. The summed E-state index contributed by atoms with van der Waals surface area (Å²) in [6.07, 6.45) is 0. The Morgan fingerprint density at radius 3 is 2.57 bits per heavy atom. The fraction of sp³-hybridized carbons (Fsp3) is 0.750. The van der Waals surface area contributed by atoms with Crippen molar-refractivity contribution in [2.24, 2.45) is 0 Å². The van der Waals surface area contributed by atoms with Gasteiger partial charge in [-0.3, -0.25) is 5.41 Å². The number of hydrogen-bond donors (Lipinski definition) is 2. The van der Waals surface area contributed by atoms with Crippen molar-refractivity contribution in [3.63, 3.8) is 0 Å². The zero-order valence-corrected chi connectivity index (χ0v) is 4.27. The summed E-state index contributed by atoms with van der Waals surface area (Å²) in [5.41, 5.74) is 0. The molecule has 0 rings (SSSR count). The third-order valence-electron chi connectivity index (χ3n) is 0.410. The summed E-state index contributed by atoms with van der Waals surface area (Å²) >= 11 is 0. The average Bonchev–Trinajstić information content (AvgIpc) is 1.61. The van der Waals surface area contributed by atoms with E-state index in [1.807, 2.05) is 0 Å². The van der Waals surface area contributed by atoms with Gasteiger partial charge >= 0.3 is 0 Å². The molecule has 0 aliphatic rings. The second kappa shape index (κ2) is 3.61. The minimum Gasteiger partial charge on any atom is -0.479 e. The summed E-state index contributed by atoms with van der Waals surface area (Å²) in [4.78, 5) is 0. The molecule has 0 saturated heterocycles. The number of hydrogen-bond acceptors (Lipinski definition) is 3. The molecule has 0 bridgehead atoms. The molecule has 0 aliphatic carbocycles. The van der Waals surface area contributed by atoms with Crippen LogP contribution < -0.4 is 0 Å². The summed E-state index contributed by atoms with van der Waals surface area (Å²) in [6, 6.07) is 0. The third kappa shape index (κ3) is 5.43. The standard InChI is InChI=1S/C4H9NO2/c1-4(5)7-3-2-6/h5-6H,2-3H2,1H3. The summed E-state index contributed by atoms with van der Waals surface area (Å²) in [5, 5.41) is 14.8. The monoisotopic (exact) mass is 103 g/mol. The highest BCUT2D eigenvalue weighted by molar-refractivity contribution is 5.69. The van der Waals surface area contributed by atoms with Crippen molar-refractivity contribution in [2.45, 2.75) is 6.92 Å². The fourth-order valence-electron chi connectivity index (χ4n) is 0.199. The van der Waals surface area contributed by atoms with E-state index in [0.29, 0.717) is 0 Å². The SMILES string of the molecule is CC(=N)OCCO. The minimum atomic E-state index is -0.0176. The number of nitrogens with one attached hydrogen (secondary N) is 1. The van der Waals surface area contributed by atoms with Crippen LogP contribution in [0.2, 0.25) is 0 Å². The van der Waals surface area contributed by atoms with Gasteiger partial charge < -0.3 is 9.84 Å². The highest BCUT2D eigenvalue weighted by atomic mass is 16.5. The predicted molar refractivity (Wildman–Crippen MR) is 26.4 cm³/mol. The molecule has 0 aromatic carbocycles. The van der Waals surface area contributed by atoms with Gasteiger partial charge in [-0.1, -0.05) is 0 Å². The van der Waals surface area contributed by atoms with Gasteiger partial charge in [-0.2, -0.15) is 0 Å². The molecule has 0 aliphatic heterocycles. The normalized spacial score (nSPS) is 8.29. The molecule has 0 aromatic rings. The molecule has 2 N–H and O–H groups in total. The second-order valence-electron chi connectivity index (χ2n) is 1.13. The van der Waals surface area contributed by atoms with Crippen molar-refractivity contribution < 1.29 is 9.84 Å². The van der Waals surface area contributed by atoms with E-state index in [9.17, 15) is 0 Å². The molecule has 42 valence electrons. The summed E-state index contributed by atoms with van der Waals surface area (Å²) in [5.74, 6) is 0.147. The Morgan fingerprint density at radius 1 is 1.86 bits per heavy atom. The van der Waals surface area contributed by atoms with E-state index >= 15 is 0 Å². The van der Waals surface area contributed by atoms with Gasteiger partial charge in [0.15, 0.2) is 5.90 Å². The molecule has 3 nitrogen and oxygen atoms in total. The van der Waals surface area contributed by atoms with Gasteiger partial charge in [-0.25, -0.2) is 0 Å². The maximum Gasteiger partial charge on any atom is 0.177 e. The average molecular weight is 103 g/mol. The van der Waals surface area contributed by atoms with E-state index in [1.54, 1.807) is 0 Å². The molecule has 0 fully saturated rings. The molecular formula is C4H9NO2. The molecule has 0 spiro atoms. The van der Waals surface area contributed by atoms with Gasteiger partial charge in [0.2, 0.25) is 0 Å². The van der Waals surface area contributed by atoms with Crippen LogP contribution in [0.1, 0.15) is 6.92 Å². The van der Waals surface area contributed by atoms with Crippen molar-refractivity contribution >= 4 is 5.90 Å². The van der Waals surface area contributed by atoms with Crippen LogP contribution in [0.15, 0.2) is 0 Å². The van der Waals surface area contributed by atoms with Crippen LogP contribution in [0, 0.1) is 5.41 Å². The predicted octanol–water partition coefficient (Wildman–Crippen LogP) is -0.00753. The van der Waals surface area contributed by atoms with Gasteiger partial charge in [-0.15, -0.1) is 0 Å². The van der Waals surface area contributed by atoms with Gasteiger partial charge in [0.25, 0.3) is 0 Å². The van der Waals surface area contributed by atoms with Crippen LogP contribution in [0.5, 0.6) is 0 Å². The van der Waals surface area contributed by atoms with Crippen LogP contribution >= 0.6 is 0 Å². The van der Waals surface area contributed by atoms with Gasteiger partial charge in [0, 0.05) is 6.92 Å². The van der Waals surface area contributed by atoms with E-state index in [1.165, 1.54) is 6.92 Å². The quantitative estimate of drug-likeness (QED) is 0.381. The van der Waals surface area contributed by atoms with E-state index in [2.05, 4.69) is 4.74 Å². The highest BCUT2D eigenvalue weighted by Gasteiger charge is 1.81. The number of aliphatic hydroxyl groups excluding tert-OH is 1. The molecular weight excluding hydrogens is 94.0 g/mol. The van der Waals surface area contributed by atoms with E-state index in [0.717, 1.165) is 0 Å². The Labute approximate surface area is 42.4 Å². The molecule has 0 saturated carbocycles. The van der Waals surface area contributed by atoms with Crippen molar-refractivity contribution in [2.75, 3.05) is 13.2 Å². The van der Waals surface area contributed by atoms with E-state index in [-0.39, 0.29) is 19.1 Å². The summed E-state index contributed by atoms with van der Waals surface area (Å²) in [6.45, 7) is 1.74. The van der Waals surface area contributed by atoms with Gasteiger partial charge in [0.05, 0.1) is 6.61 Å². The molecule has 3 heteroatoms. The van der Waals surface area contributed by atoms with Crippen LogP contribution in [-0.2, 0) is 4.74 Å². The summed E-state index contributed by atoms with van der Waals surface area (Å²) in [7, 11) is 0. The van der Waals surface area contributed by atoms with Crippen molar-refractivity contribution in [3.05, 3.63) is 0 Å². The first-order valence-corrected chi connectivity index (χ1v) is 2.06. The zero-order chi connectivity index (χ0) is 5.70. The van der Waals surface area contributed by atoms with Crippen molar-refractivity contribution in [1.29, 1.82) is 5.41 Å². The number of rotatable bonds is 2. The van der Waals surface area contributed by atoms with E-state index < -0.39 is 0 Å². The first-order valence-electron chi connectivity index (χ1n) is 2.06. The fourth-order valence-corrected chi connectivity index (χ4v) is 0.199. The second-order valence-corrected chi connectivity index (χ2v) is 1.13. The highest BCUT2D eigenvalue weighted by Crippen LogP contribution is 1.72. The van der Waals surface area contributed by atoms with Crippen molar-refractivity contribution in [1.82, 2.24) is 0 Å². The van der Waals surface area contributed by atoms with Crippen LogP contribution in [0.4, 0.5) is 0 Å². The molecule has 0 radical (unpaired) electrons. The van der Waals surface area contributed by atoms with Crippen molar-refractivity contribution in [3.8, 4) is 0 Å². The molecule has 0 atom stereocenters. The van der Waals surface area contributed by atoms with Crippen LogP contribution in [0.25, 0.3) is 0 Å². The maximum atomic E-state index is 8.09. The molecule has 7 heavy (non-hydrogen) atoms. The Hall–Kier alpha value is -0.570. The Morgan fingerprint density at radius 2 is 2.43 bits per heavy atom. The first-order chi connectivity index (χ1) is 3.27. The zero-order valence-electron chi connectivity index (χ0n) is 4.27. The van der Waals surface area contributed by atoms with Gasteiger partial charge in [-0.05, 0) is 0 Å². The Bertz CT molecular complexity index is 62.7. The lowest BCUT2D eigenvalue weighted by atomic mass is 10.7. The topological polar surface area (TPSA) is 53.3 Å². The van der Waals surface area contributed by atoms with Crippen LogP contribution in [-0.4, -0.2) is 24.2 Å².